The Morgan fingerprint density at radius 2 is 1.68 bits per heavy atom. The van der Waals surface area contributed by atoms with Gasteiger partial charge in [-0.05, 0) is 58.1 Å². The molecule has 0 unspecified atom stereocenters. The summed E-state index contributed by atoms with van der Waals surface area (Å²) in [6.07, 6.45) is 4.47. The van der Waals surface area contributed by atoms with Crippen molar-refractivity contribution in [1.29, 1.82) is 0 Å². The zero-order valence-corrected chi connectivity index (χ0v) is 17.4. The average Bonchev–Trinajstić information content (AvgIpc) is 3.33. The molecule has 3 atom stereocenters. The van der Waals surface area contributed by atoms with Gasteiger partial charge in [-0.25, -0.2) is 0 Å². The first-order valence-corrected chi connectivity index (χ1v) is 10.7. The smallest absolute Gasteiger partial charge is 0.253 e. The molecule has 3 aliphatic rings. The Balaban J connectivity index is 1.41. The zero-order chi connectivity index (χ0) is 19.9. The minimum absolute atomic E-state index is 0.108. The van der Waals surface area contributed by atoms with Gasteiger partial charge in [0.15, 0.2) is 0 Å². The van der Waals surface area contributed by atoms with Crippen LogP contribution in [0.5, 0.6) is 0 Å². The Kier molecular flexibility index (Phi) is 5.21. The van der Waals surface area contributed by atoms with Crippen molar-refractivity contribution in [2.45, 2.75) is 64.6 Å². The molecule has 28 heavy (non-hydrogen) atoms. The molecule has 2 amide bonds. The highest BCUT2D eigenvalue weighted by Gasteiger charge is 2.50. The van der Waals surface area contributed by atoms with E-state index in [4.69, 9.17) is 4.74 Å². The molecule has 0 N–H and O–H groups in total. The monoisotopic (exact) mass is 384 g/mol. The van der Waals surface area contributed by atoms with E-state index in [-0.39, 0.29) is 29.4 Å². The van der Waals surface area contributed by atoms with E-state index in [9.17, 15) is 9.59 Å². The number of hydrogen-bond acceptors (Lipinski definition) is 3. The quantitative estimate of drug-likeness (QED) is 0.786. The lowest BCUT2D eigenvalue weighted by Crippen LogP contribution is -2.53. The third-order valence-corrected chi connectivity index (χ3v) is 6.85. The van der Waals surface area contributed by atoms with E-state index in [0.717, 1.165) is 61.9 Å². The first-order valence-electron chi connectivity index (χ1n) is 10.7. The number of likely N-dealkylation sites (tertiary alicyclic amines) is 2. The number of ether oxygens (including phenoxy) is 1. The lowest BCUT2D eigenvalue weighted by Gasteiger charge is -2.44. The Bertz CT molecular complexity index is 751. The molecule has 0 bridgehead atoms. The molecule has 1 aromatic carbocycles. The highest BCUT2D eigenvalue weighted by molar-refractivity contribution is 5.94. The maximum absolute atomic E-state index is 13.0. The first-order chi connectivity index (χ1) is 13.4. The molecule has 0 aliphatic carbocycles. The van der Waals surface area contributed by atoms with Crippen LogP contribution >= 0.6 is 0 Å². The second-order valence-electron chi connectivity index (χ2n) is 9.02. The highest BCUT2D eigenvalue weighted by atomic mass is 16.5. The third-order valence-electron chi connectivity index (χ3n) is 6.85. The second-order valence-corrected chi connectivity index (χ2v) is 9.02. The van der Waals surface area contributed by atoms with Gasteiger partial charge < -0.3 is 14.5 Å². The summed E-state index contributed by atoms with van der Waals surface area (Å²) in [5.74, 6) is 0.513. The number of benzene rings is 1. The molecule has 3 saturated heterocycles. The van der Waals surface area contributed by atoms with Crippen molar-refractivity contribution in [3.05, 3.63) is 34.9 Å². The summed E-state index contributed by atoms with van der Waals surface area (Å²) >= 11 is 0. The summed E-state index contributed by atoms with van der Waals surface area (Å²) in [5, 5.41) is 0. The molecule has 152 valence electrons. The molecule has 0 radical (unpaired) electrons. The standard InChI is InChI=1S/C23H32N2O3/c1-16-12-17(2)14-19(13-16)21(26)25-11-8-23(18(3)15-25)7-6-20(28-23)22(27)24-9-4-5-10-24/h12-14,18,20H,4-11,15H2,1-3H3/t18-,20-,23-/m1/s1. The van der Waals surface area contributed by atoms with E-state index in [0.29, 0.717) is 13.1 Å². The van der Waals surface area contributed by atoms with Crippen LogP contribution in [-0.2, 0) is 9.53 Å². The molecule has 3 aliphatic heterocycles. The van der Waals surface area contributed by atoms with Crippen molar-refractivity contribution in [2.24, 2.45) is 5.92 Å². The number of hydrogen-bond donors (Lipinski definition) is 0. The van der Waals surface area contributed by atoms with Gasteiger partial charge >= 0.3 is 0 Å². The highest BCUT2D eigenvalue weighted by Crippen LogP contribution is 2.43. The molecule has 1 spiro atoms. The van der Waals surface area contributed by atoms with Gasteiger partial charge in [-0.15, -0.1) is 0 Å². The van der Waals surface area contributed by atoms with Gasteiger partial charge in [0.05, 0.1) is 5.60 Å². The van der Waals surface area contributed by atoms with Gasteiger partial charge in [-0.3, -0.25) is 9.59 Å². The van der Waals surface area contributed by atoms with Crippen molar-refractivity contribution in [3.63, 3.8) is 0 Å². The van der Waals surface area contributed by atoms with Gasteiger partial charge in [0.25, 0.3) is 11.8 Å². The third kappa shape index (κ3) is 3.57. The van der Waals surface area contributed by atoms with Gasteiger partial charge in [0.2, 0.25) is 0 Å². The van der Waals surface area contributed by atoms with Crippen molar-refractivity contribution in [2.75, 3.05) is 26.2 Å². The number of carbonyl (C=O) groups is 2. The van der Waals surface area contributed by atoms with Crippen LogP contribution in [0.25, 0.3) is 0 Å². The normalized spacial score (nSPS) is 30.2. The van der Waals surface area contributed by atoms with Crippen molar-refractivity contribution < 1.29 is 14.3 Å². The topological polar surface area (TPSA) is 49.9 Å². The zero-order valence-electron chi connectivity index (χ0n) is 17.4. The number of rotatable bonds is 2. The Morgan fingerprint density at radius 1 is 1.00 bits per heavy atom. The number of amides is 2. The molecule has 5 heteroatoms. The molecule has 5 nitrogen and oxygen atoms in total. The van der Waals surface area contributed by atoms with Crippen LogP contribution in [-0.4, -0.2) is 59.5 Å². The fourth-order valence-electron chi connectivity index (χ4n) is 5.26. The van der Waals surface area contributed by atoms with E-state index in [1.165, 1.54) is 0 Å². The van der Waals surface area contributed by atoms with Crippen LogP contribution in [0.3, 0.4) is 0 Å². The Labute approximate surface area is 168 Å². The molecular formula is C23H32N2O3. The van der Waals surface area contributed by atoms with E-state index in [2.05, 4.69) is 13.0 Å². The Morgan fingerprint density at radius 3 is 2.32 bits per heavy atom. The predicted molar refractivity (Wildman–Crippen MR) is 108 cm³/mol. The molecule has 0 saturated carbocycles. The van der Waals surface area contributed by atoms with Crippen LogP contribution in [0.4, 0.5) is 0 Å². The SMILES string of the molecule is Cc1cc(C)cc(C(=O)N2CC[C@]3(CC[C@H](C(=O)N4CCCC4)O3)[C@H](C)C2)c1. The summed E-state index contributed by atoms with van der Waals surface area (Å²) in [6.45, 7) is 9.36. The van der Waals surface area contributed by atoms with Crippen LogP contribution < -0.4 is 0 Å². The maximum atomic E-state index is 13.0. The molecule has 3 heterocycles. The number of aryl methyl sites for hydroxylation is 2. The molecule has 1 aromatic rings. The lowest BCUT2D eigenvalue weighted by molar-refractivity contribution is -0.154. The number of piperidine rings is 1. The molecule has 3 fully saturated rings. The van der Waals surface area contributed by atoms with Crippen LogP contribution in [0.15, 0.2) is 18.2 Å². The average molecular weight is 385 g/mol. The lowest BCUT2D eigenvalue weighted by atomic mass is 9.80. The van der Waals surface area contributed by atoms with E-state index in [1.54, 1.807) is 0 Å². The maximum Gasteiger partial charge on any atom is 0.253 e. The van der Waals surface area contributed by atoms with E-state index < -0.39 is 0 Å². The van der Waals surface area contributed by atoms with Gasteiger partial charge in [0, 0.05) is 37.7 Å². The van der Waals surface area contributed by atoms with Crippen molar-refractivity contribution in [1.82, 2.24) is 9.80 Å². The fourth-order valence-corrected chi connectivity index (χ4v) is 5.26. The van der Waals surface area contributed by atoms with Crippen LogP contribution in [0, 0.1) is 19.8 Å². The molecule has 4 rings (SSSR count). The number of nitrogens with zero attached hydrogens (tertiary/aromatic N) is 2. The van der Waals surface area contributed by atoms with Gasteiger partial charge in [-0.2, -0.15) is 0 Å². The second kappa shape index (κ2) is 7.51. The minimum atomic E-state index is -0.290. The van der Waals surface area contributed by atoms with Gasteiger partial charge in [-0.1, -0.05) is 24.1 Å². The van der Waals surface area contributed by atoms with Crippen molar-refractivity contribution >= 4 is 11.8 Å². The summed E-state index contributed by atoms with van der Waals surface area (Å²) in [5.41, 5.74) is 2.76. The Hall–Kier alpha value is -1.88. The van der Waals surface area contributed by atoms with E-state index >= 15 is 0 Å². The number of carbonyl (C=O) groups excluding carboxylic acids is 2. The minimum Gasteiger partial charge on any atom is -0.362 e. The summed E-state index contributed by atoms with van der Waals surface area (Å²) in [4.78, 5) is 29.7. The van der Waals surface area contributed by atoms with Crippen LogP contribution in [0.2, 0.25) is 0 Å². The van der Waals surface area contributed by atoms with E-state index in [1.807, 2.05) is 35.8 Å². The van der Waals surface area contributed by atoms with Crippen LogP contribution in [0.1, 0.15) is 60.5 Å². The largest absolute Gasteiger partial charge is 0.362 e. The summed E-state index contributed by atoms with van der Waals surface area (Å²) < 4.78 is 6.42. The van der Waals surface area contributed by atoms with Gasteiger partial charge in [0.1, 0.15) is 6.10 Å². The predicted octanol–water partition coefficient (Wildman–Crippen LogP) is 3.33. The first kappa shape index (κ1) is 19.4. The molecular weight excluding hydrogens is 352 g/mol. The fraction of sp³-hybridized carbons (Fsp3) is 0.652. The summed E-state index contributed by atoms with van der Waals surface area (Å²) in [7, 11) is 0. The summed E-state index contributed by atoms with van der Waals surface area (Å²) in [6, 6.07) is 6.04. The van der Waals surface area contributed by atoms with Crippen molar-refractivity contribution in [3.8, 4) is 0 Å². The molecule has 0 aromatic heterocycles.